The molecule has 150 valence electrons. The highest BCUT2D eigenvalue weighted by Crippen LogP contribution is 2.21. The first-order valence-corrected chi connectivity index (χ1v) is 9.96. The van der Waals surface area contributed by atoms with E-state index in [1.807, 2.05) is 32.0 Å². The van der Waals surface area contributed by atoms with Crippen LogP contribution in [0.3, 0.4) is 0 Å². The van der Waals surface area contributed by atoms with Gasteiger partial charge in [0, 0.05) is 38.4 Å². The molecule has 5 heteroatoms. The summed E-state index contributed by atoms with van der Waals surface area (Å²) >= 11 is 0. The zero-order valence-corrected chi connectivity index (χ0v) is 17.4. The van der Waals surface area contributed by atoms with Crippen molar-refractivity contribution in [3.05, 3.63) is 59.2 Å². The Balaban J connectivity index is 1.50. The summed E-state index contributed by atoms with van der Waals surface area (Å²) in [6, 6.07) is 14.5. The van der Waals surface area contributed by atoms with Crippen LogP contribution in [-0.4, -0.2) is 50.1 Å². The van der Waals surface area contributed by atoms with Crippen molar-refractivity contribution in [2.45, 2.75) is 33.4 Å². The van der Waals surface area contributed by atoms with Crippen molar-refractivity contribution in [1.29, 1.82) is 0 Å². The van der Waals surface area contributed by atoms with Crippen LogP contribution in [0.5, 0.6) is 5.75 Å². The summed E-state index contributed by atoms with van der Waals surface area (Å²) in [6.07, 6.45) is -0.537. The highest BCUT2D eigenvalue weighted by molar-refractivity contribution is 5.80. The molecule has 1 fully saturated rings. The van der Waals surface area contributed by atoms with Crippen LogP contribution < -0.4 is 15.0 Å². The molecule has 1 N–H and O–H groups in total. The summed E-state index contributed by atoms with van der Waals surface area (Å²) in [5.41, 5.74) is 4.48. The van der Waals surface area contributed by atoms with Crippen LogP contribution in [0.2, 0.25) is 0 Å². The topological polar surface area (TPSA) is 44.8 Å². The number of carbonyl (C=O) groups excluding carboxylic acids is 1. The van der Waals surface area contributed by atoms with E-state index in [0.29, 0.717) is 6.54 Å². The number of aryl methyl sites for hydroxylation is 2. The molecule has 1 atom stereocenters. The third kappa shape index (κ3) is 5.26. The van der Waals surface area contributed by atoms with Crippen molar-refractivity contribution in [3.8, 4) is 5.75 Å². The fourth-order valence-corrected chi connectivity index (χ4v) is 3.30. The molecule has 2 aromatic carbocycles. The van der Waals surface area contributed by atoms with Crippen LogP contribution >= 0.6 is 0 Å². The first-order valence-electron chi connectivity index (χ1n) is 9.96. The summed E-state index contributed by atoms with van der Waals surface area (Å²) in [6.45, 7) is 10.6. The Labute approximate surface area is 168 Å². The quantitative estimate of drug-likeness (QED) is 0.835. The molecule has 1 heterocycles. The van der Waals surface area contributed by atoms with Crippen LogP contribution in [-0.2, 0) is 11.3 Å². The molecule has 3 rings (SSSR count). The zero-order valence-electron chi connectivity index (χ0n) is 17.4. The van der Waals surface area contributed by atoms with E-state index in [1.54, 1.807) is 6.92 Å². The van der Waals surface area contributed by atoms with Crippen molar-refractivity contribution in [2.75, 3.05) is 38.1 Å². The monoisotopic (exact) mass is 381 g/mol. The Morgan fingerprint density at radius 2 is 1.75 bits per heavy atom. The molecule has 0 saturated carbocycles. The molecule has 2 aromatic rings. The lowest BCUT2D eigenvalue weighted by Gasteiger charge is -2.34. The van der Waals surface area contributed by atoms with E-state index in [1.165, 1.54) is 5.69 Å². The highest BCUT2D eigenvalue weighted by Gasteiger charge is 2.16. The number of carbonyl (C=O) groups is 1. The lowest BCUT2D eigenvalue weighted by atomic mass is 10.1. The second kappa shape index (κ2) is 9.11. The largest absolute Gasteiger partial charge is 0.481 e. The minimum absolute atomic E-state index is 0.107. The van der Waals surface area contributed by atoms with Gasteiger partial charge in [0.25, 0.3) is 5.91 Å². The Morgan fingerprint density at radius 1 is 1.07 bits per heavy atom. The Kier molecular flexibility index (Phi) is 6.57. The molecular weight excluding hydrogens is 350 g/mol. The second-order valence-corrected chi connectivity index (χ2v) is 7.70. The Bertz CT molecular complexity index is 796. The van der Waals surface area contributed by atoms with Gasteiger partial charge in [-0.05, 0) is 62.7 Å². The summed E-state index contributed by atoms with van der Waals surface area (Å²) < 4.78 is 5.86. The number of likely N-dealkylation sites (N-methyl/N-ethyl adjacent to an activating group) is 1. The molecule has 1 aliphatic heterocycles. The SMILES string of the molecule is Cc1ccc(C)c(O[C@H](C)C(=O)NCc2ccc(N3CCN(C)CC3)cc2)c1. The number of nitrogens with zero attached hydrogens (tertiary/aromatic N) is 2. The van der Waals surface area contributed by atoms with Crippen molar-refractivity contribution in [1.82, 2.24) is 10.2 Å². The molecule has 0 unspecified atom stereocenters. The van der Waals surface area contributed by atoms with Gasteiger partial charge in [0.1, 0.15) is 5.75 Å². The fraction of sp³-hybridized carbons (Fsp3) is 0.435. The van der Waals surface area contributed by atoms with Crippen LogP contribution in [0.25, 0.3) is 0 Å². The molecule has 0 radical (unpaired) electrons. The van der Waals surface area contributed by atoms with Crippen LogP contribution in [0, 0.1) is 13.8 Å². The predicted octanol–water partition coefficient (Wildman–Crippen LogP) is 3.14. The van der Waals surface area contributed by atoms with Gasteiger partial charge in [0.05, 0.1) is 0 Å². The number of benzene rings is 2. The third-order valence-electron chi connectivity index (χ3n) is 5.29. The van der Waals surface area contributed by atoms with E-state index in [2.05, 4.69) is 46.4 Å². The number of anilines is 1. The predicted molar refractivity (Wildman–Crippen MR) is 114 cm³/mol. The summed E-state index contributed by atoms with van der Waals surface area (Å²) in [7, 11) is 2.16. The molecule has 1 amide bonds. The third-order valence-corrected chi connectivity index (χ3v) is 5.29. The van der Waals surface area contributed by atoms with Crippen molar-refractivity contribution >= 4 is 11.6 Å². The molecule has 5 nitrogen and oxygen atoms in total. The average molecular weight is 382 g/mol. The van der Waals surface area contributed by atoms with Crippen LogP contribution in [0.4, 0.5) is 5.69 Å². The van der Waals surface area contributed by atoms with E-state index in [-0.39, 0.29) is 5.91 Å². The lowest BCUT2D eigenvalue weighted by molar-refractivity contribution is -0.127. The maximum Gasteiger partial charge on any atom is 0.261 e. The molecule has 1 aliphatic rings. The van der Waals surface area contributed by atoms with Gasteiger partial charge < -0.3 is 19.9 Å². The zero-order chi connectivity index (χ0) is 20.1. The number of piperazine rings is 1. The van der Waals surface area contributed by atoms with Crippen molar-refractivity contribution in [3.63, 3.8) is 0 Å². The first-order chi connectivity index (χ1) is 13.4. The average Bonchev–Trinajstić information content (AvgIpc) is 2.70. The van der Waals surface area contributed by atoms with Crippen LogP contribution in [0.1, 0.15) is 23.6 Å². The molecule has 0 spiro atoms. The molecule has 0 aliphatic carbocycles. The lowest BCUT2D eigenvalue weighted by Crippen LogP contribution is -2.44. The molecule has 28 heavy (non-hydrogen) atoms. The minimum atomic E-state index is -0.537. The van der Waals surface area contributed by atoms with Crippen LogP contribution in [0.15, 0.2) is 42.5 Å². The number of rotatable bonds is 6. The molecule has 1 saturated heterocycles. The van der Waals surface area contributed by atoms with Crippen molar-refractivity contribution < 1.29 is 9.53 Å². The number of hydrogen-bond acceptors (Lipinski definition) is 4. The van der Waals surface area contributed by atoms with Gasteiger partial charge in [-0.3, -0.25) is 4.79 Å². The summed E-state index contributed by atoms with van der Waals surface area (Å²) in [5, 5.41) is 2.97. The molecule has 0 aromatic heterocycles. The van der Waals surface area contributed by atoms with Gasteiger partial charge in [-0.2, -0.15) is 0 Å². The summed E-state index contributed by atoms with van der Waals surface area (Å²) in [4.78, 5) is 17.2. The maximum absolute atomic E-state index is 12.4. The summed E-state index contributed by atoms with van der Waals surface area (Å²) in [5.74, 6) is 0.656. The normalized spacial score (nSPS) is 15.9. The number of nitrogens with one attached hydrogen (secondary N) is 1. The van der Waals surface area contributed by atoms with E-state index in [0.717, 1.165) is 48.6 Å². The van der Waals surface area contributed by atoms with Gasteiger partial charge >= 0.3 is 0 Å². The minimum Gasteiger partial charge on any atom is -0.481 e. The smallest absolute Gasteiger partial charge is 0.261 e. The van der Waals surface area contributed by atoms with E-state index < -0.39 is 6.10 Å². The van der Waals surface area contributed by atoms with Gasteiger partial charge in [-0.1, -0.05) is 24.3 Å². The number of hydrogen-bond donors (Lipinski definition) is 1. The number of amides is 1. The van der Waals surface area contributed by atoms with Gasteiger partial charge in [0.15, 0.2) is 6.10 Å². The fourth-order valence-electron chi connectivity index (χ4n) is 3.30. The van der Waals surface area contributed by atoms with Gasteiger partial charge in [0.2, 0.25) is 0 Å². The van der Waals surface area contributed by atoms with Gasteiger partial charge in [-0.15, -0.1) is 0 Å². The van der Waals surface area contributed by atoms with E-state index >= 15 is 0 Å². The first kappa shape index (κ1) is 20.2. The second-order valence-electron chi connectivity index (χ2n) is 7.70. The highest BCUT2D eigenvalue weighted by atomic mass is 16.5. The number of ether oxygens (including phenoxy) is 1. The molecular formula is C23H31N3O2. The molecule has 0 bridgehead atoms. The maximum atomic E-state index is 12.4. The van der Waals surface area contributed by atoms with E-state index in [4.69, 9.17) is 4.74 Å². The van der Waals surface area contributed by atoms with Gasteiger partial charge in [-0.25, -0.2) is 0 Å². The van der Waals surface area contributed by atoms with Crippen molar-refractivity contribution in [2.24, 2.45) is 0 Å². The Hall–Kier alpha value is -2.53. The Morgan fingerprint density at radius 3 is 2.43 bits per heavy atom. The standard InChI is InChI=1S/C23H31N3O2/c1-17-5-6-18(2)22(15-17)28-19(3)23(27)24-16-20-7-9-21(10-8-20)26-13-11-25(4)12-14-26/h5-10,15,19H,11-14,16H2,1-4H3,(H,24,27)/t19-/m1/s1. The van der Waals surface area contributed by atoms with E-state index in [9.17, 15) is 4.79 Å².